The fourth-order valence-electron chi connectivity index (χ4n) is 3.32. The SMILES string of the molecule is Nc1cccc(F)c1/C=C/S(=O)(=O)NC[C@H]1O[C@@H](n2cnc3c(N)ncnc32)[C@H](O)[C@@H]1O. The summed E-state index contributed by atoms with van der Waals surface area (Å²) in [5, 5.41) is 21.5. The highest BCUT2D eigenvalue weighted by atomic mass is 32.2. The van der Waals surface area contributed by atoms with Gasteiger partial charge in [0.1, 0.15) is 36.0 Å². The lowest BCUT2D eigenvalue weighted by molar-refractivity contribution is -0.0329. The van der Waals surface area contributed by atoms with Gasteiger partial charge in [-0.05, 0) is 18.2 Å². The smallest absolute Gasteiger partial charge is 0.233 e. The number of anilines is 2. The summed E-state index contributed by atoms with van der Waals surface area (Å²) in [6, 6.07) is 3.99. The number of aromatic nitrogens is 4. The molecule has 32 heavy (non-hydrogen) atoms. The molecule has 0 spiro atoms. The lowest BCUT2D eigenvalue weighted by atomic mass is 10.1. The van der Waals surface area contributed by atoms with Crippen LogP contribution in [0.3, 0.4) is 0 Å². The number of imidazole rings is 1. The third-order valence-corrected chi connectivity index (χ3v) is 6.05. The van der Waals surface area contributed by atoms with E-state index in [9.17, 15) is 23.0 Å². The van der Waals surface area contributed by atoms with E-state index in [1.54, 1.807) is 0 Å². The molecule has 0 bridgehead atoms. The molecule has 0 radical (unpaired) electrons. The largest absolute Gasteiger partial charge is 0.398 e. The lowest BCUT2D eigenvalue weighted by Crippen LogP contribution is -2.39. The van der Waals surface area contributed by atoms with Crippen molar-refractivity contribution in [3.8, 4) is 0 Å². The van der Waals surface area contributed by atoms with Crippen molar-refractivity contribution in [3.05, 3.63) is 47.6 Å². The van der Waals surface area contributed by atoms with Gasteiger partial charge in [0.2, 0.25) is 10.0 Å². The van der Waals surface area contributed by atoms with Gasteiger partial charge in [-0.3, -0.25) is 4.57 Å². The number of ether oxygens (including phenoxy) is 1. The van der Waals surface area contributed by atoms with Crippen molar-refractivity contribution in [2.45, 2.75) is 24.5 Å². The zero-order chi connectivity index (χ0) is 23.0. The van der Waals surface area contributed by atoms with Crippen LogP contribution in [0.1, 0.15) is 11.8 Å². The Morgan fingerprint density at radius 2 is 2.00 bits per heavy atom. The quantitative estimate of drug-likeness (QED) is 0.292. The van der Waals surface area contributed by atoms with Gasteiger partial charge in [0.25, 0.3) is 0 Å². The second-order valence-electron chi connectivity index (χ2n) is 7.07. The van der Waals surface area contributed by atoms with Gasteiger partial charge < -0.3 is 26.4 Å². The summed E-state index contributed by atoms with van der Waals surface area (Å²) in [6.07, 6.45) is -1.42. The average Bonchev–Trinajstić information content (AvgIpc) is 3.29. The van der Waals surface area contributed by atoms with Crippen molar-refractivity contribution >= 4 is 38.8 Å². The maximum absolute atomic E-state index is 13.8. The van der Waals surface area contributed by atoms with E-state index < -0.39 is 40.4 Å². The van der Waals surface area contributed by atoms with Crippen molar-refractivity contribution in [2.75, 3.05) is 18.0 Å². The number of halogens is 1. The van der Waals surface area contributed by atoms with Gasteiger partial charge in [0, 0.05) is 23.2 Å². The van der Waals surface area contributed by atoms with E-state index in [2.05, 4.69) is 19.7 Å². The number of nitrogens with two attached hydrogens (primary N) is 2. The molecule has 0 aliphatic carbocycles. The average molecular weight is 465 g/mol. The molecule has 0 amide bonds. The van der Waals surface area contributed by atoms with Crippen molar-refractivity contribution in [3.63, 3.8) is 0 Å². The highest BCUT2D eigenvalue weighted by Gasteiger charge is 2.44. The van der Waals surface area contributed by atoms with E-state index in [0.717, 1.165) is 17.6 Å². The normalized spacial score (nSPS) is 24.0. The molecule has 1 saturated heterocycles. The zero-order valence-electron chi connectivity index (χ0n) is 16.4. The minimum atomic E-state index is -4.04. The van der Waals surface area contributed by atoms with Gasteiger partial charge in [-0.15, -0.1) is 0 Å². The predicted molar refractivity (Wildman–Crippen MR) is 112 cm³/mol. The molecule has 7 N–H and O–H groups in total. The summed E-state index contributed by atoms with van der Waals surface area (Å²) in [6.45, 7) is -0.363. The number of aliphatic hydroxyl groups excluding tert-OH is 2. The molecular formula is C18H20FN7O5S. The van der Waals surface area contributed by atoms with E-state index in [1.165, 1.54) is 29.4 Å². The molecule has 3 aromatic rings. The number of aliphatic hydroxyl groups is 2. The number of fused-ring (bicyclic) bond motifs is 1. The second kappa shape index (κ2) is 8.40. The first-order valence-electron chi connectivity index (χ1n) is 9.34. The van der Waals surface area contributed by atoms with Gasteiger partial charge in [-0.25, -0.2) is 32.5 Å². The minimum absolute atomic E-state index is 0.0706. The Morgan fingerprint density at radius 1 is 1.22 bits per heavy atom. The Labute approximate surface area is 181 Å². The molecule has 2 aromatic heterocycles. The standard InChI is InChI=1S/C18H20FN7O5S/c19-10-2-1-3-11(20)9(10)4-5-32(29,30)25-6-12-14(27)15(28)18(31-12)26-8-24-13-16(21)22-7-23-17(13)26/h1-5,7-8,12,14-15,18,25,27-28H,6,20H2,(H2,21,22,23)/b5-4+/t12-,14-,15-,18-/m1/s1. The van der Waals surface area contributed by atoms with Crippen molar-refractivity contribution < 1.29 is 27.8 Å². The lowest BCUT2D eigenvalue weighted by Gasteiger charge is -2.16. The first-order chi connectivity index (χ1) is 15.2. The number of nitrogens with one attached hydrogen (secondary N) is 1. The zero-order valence-corrected chi connectivity index (χ0v) is 17.2. The Bertz CT molecular complexity index is 1260. The van der Waals surface area contributed by atoms with Crippen molar-refractivity contribution in [1.82, 2.24) is 24.2 Å². The van der Waals surface area contributed by atoms with Gasteiger partial charge in [0.05, 0.1) is 6.33 Å². The van der Waals surface area contributed by atoms with Gasteiger partial charge in [-0.1, -0.05) is 6.07 Å². The maximum atomic E-state index is 13.8. The fraction of sp³-hybridized carbons (Fsp3) is 0.278. The van der Waals surface area contributed by atoms with E-state index in [1.807, 2.05) is 0 Å². The highest BCUT2D eigenvalue weighted by molar-refractivity contribution is 7.92. The van der Waals surface area contributed by atoms with Crippen LogP contribution in [-0.2, 0) is 14.8 Å². The number of hydrogen-bond acceptors (Lipinski definition) is 10. The van der Waals surface area contributed by atoms with Crippen LogP contribution in [0.25, 0.3) is 17.2 Å². The van der Waals surface area contributed by atoms with E-state index in [0.29, 0.717) is 5.52 Å². The number of rotatable bonds is 6. The summed E-state index contributed by atoms with van der Waals surface area (Å²) in [7, 11) is -4.04. The minimum Gasteiger partial charge on any atom is -0.398 e. The third kappa shape index (κ3) is 4.13. The Hall–Kier alpha value is -3.17. The molecule has 14 heteroatoms. The molecule has 12 nitrogen and oxygen atoms in total. The molecular weight excluding hydrogens is 445 g/mol. The van der Waals surface area contributed by atoms with Gasteiger partial charge in [-0.2, -0.15) is 0 Å². The van der Waals surface area contributed by atoms with E-state index in [4.69, 9.17) is 16.2 Å². The summed E-state index contributed by atoms with van der Waals surface area (Å²) >= 11 is 0. The predicted octanol–water partition coefficient (Wildman–Crippen LogP) is -0.661. The Morgan fingerprint density at radius 3 is 2.75 bits per heavy atom. The third-order valence-electron chi connectivity index (χ3n) is 4.98. The van der Waals surface area contributed by atoms with Crippen LogP contribution in [0.4, 0.5) is 15.9 Å². The molecule has 0 unspecified atom stereocenters. The van der Waals surface area contributed by atoms with Crippen LogP contribution in [0.15, 0.2) is 36.3 Å². The molecule has 1 aliphatic rings. The molecule has 0 saturated carbocycles. The summed E-state index contributed by atoms with van der Waals surface area (Å²) in [5.41, 5.74) is 12.0. The second-order valence-corrected chi connectivity index (χ2v) is 8.72. The van der Waals surface area contributed by atoms with Crippen LogP contribution >= 0.6 is 0 Å². The number of benzene rings is 1. The first-order valence-corrected chi connectivity index (χ1v) is 10.9. The topological polar surface area (TPSA) is 191 Å². The van der Waals surface area contributed by atoms with Crippen LogP contribution < -0.4 is 16.2 Å². The summed E-state index contributed by atoms with van der Waals surface area (Å²) in [4.78, 5) is 12.0. The fourth-order valence-corrected chi connectivity index (χ4v) is 4.13. The van der Waals surface area contributed by atoms with Crippen molar-refractivity contribution in [1.29, 1.82) is 0 Å². The number of nitrogen functional groups attached to an aromatic ring is 2. The Balaban J connectivity index is 1.47. The summed E-state index contributed by atoms with van der Waals surface area (Å²) < 4.78 is 47.7. The molecule has 3 heterocycles. The first kappa shape index (κ1) is 22.0. The number of sulfonamides is 1. The van der Waals surface area contributed by atoms with Crippen LogP contribution in [-0.4, -0.2) is 63.0 Å². The maximum Gasteiger partial charge on any atom is 0.233 e. The van der Waals surface area contributed by atoms with Gasteiger partial charge >= 0.3 is 0 Å². The number of hydrogen-bond donors (Lipinski definition) is 5. The van der Waals surface area contributed by atoms with E-state index in [-0.39, 0.29) is 29.3 Å². The van der Waals surface area contributed by atoms with E-state index >= 15 is 0 Å². The molecule has 1 fully saturated rings. The van der Waals surface area contributed by atoms with Crippen molar-refractivity contribution in [2.24, 2.45) is 0 Å². The monoisotopic (exact) mass is 465 g/mol. The molecule has 170 valence electrons. The van der Waals surface area contributed by atoms with Crippen LogP contribution in [0.5, 0.6) is 0 Å². The van der Waals surface area contributed by atoms with Crippen LogP contribution in [0, 0.1) is 5.82 Å². The van der Waals surface area contributed by atoms with Gasteiger partial charge in [0.15, 0.2) is 17.7 Å². The molecule has 1 aliphatic heterocycles. The summed E-state index contributed by atoms with van der Waals surface area (Å²) in [5.74, 6) is -0.540. The molecule has 1 aromatic carbocycles. The molecule has 4 atom stereocenters. The Kier molecular flexibility index (Phi) is 5.79. The molecule has 4 rings (SSSR count). The highest BCUT2D eigenvalue weighted by Crippen LogP contribution is 2.31. The van der Waals surface area contributed by atoms with Crippen LogP contribution in [0.2, 0.25) is 0 Å². The number of nitrogens with zero attached hydrogens (tertiary/aromatic N) is 4.